The van der Waals surface area contributed by atoms with Gasteiger partial charge in [-0.05, 0) is 25.8 Å². The first kappa shape index (κ1) is 13.8. The van der Waals surface area contributed by atoms with Crippen LogP contribution in [0, 0.1) is 5.92 Å². The molecule has 1 saturated carbocycles. The van der Waals surface area contributed by atoms with E-state index in [4.69, 9.17) is 5.73 Å². The summed E-state index contributed by atoms with van der Waals surface area (Å²) >= 11 is 0. The first-order valence-electron chi connectivity index (χ1n) is 7.13. The number of carbonyl (C=O) groups excluding carboxylic acids is 1. The maximum absolute atomic E-state index is 12.0. The summed E-state index contributed by atoms with van der Waals surface area (Å²) in [6, 6.07) is 0.219. The van der Waals surface area contributed by atoms with Crippen molar-refractivity contribution in [3.05, 3.63) is 0 Å². The van der Waals surface area contributed by atoms with Crippen LogP contribution in [0.3, 0.4) is 0 Å². The topological polar surface area (TPSA) is 61.6 Å². The number of rotatable bonds is 3. The van der Waals surface area contributed by atoms with E-state index in [2.05, 4.69) is 17.4 Å². The van der Waals surface area contributed by atoms with Gasteiger partial charge in [0.25, 0.3) is 0 Å². The SMILES string of the molecule is CN1CCN(NC(=O)CC2CCCCC2N)CC1. The Morgan fingerprint density at radius 3 is 2.56 bits per heavy atom. The largest absolute Gasteiger partial charge is 0.327 e. The van der Waals surface area contributed by atoms with Crippen molar-refractivity contribution in [3.8, 4) is 0 Å². The van der Waals surface area contributed by atoms with Gasteiger partial charge in [-0.2, -0.15) is 0 Å². The summed E-state index contributed by atoms with van der Waals surface area (Å²) in [6.07, 6.45) is 5.22. The number of likely N-dealkylation sites (N-methyl/N-ethyl adjacent to an activating group) is 1. The molecule has 2 rings (SSSR count). The van der Waals surface area contributed by atoms with Gasteiger partial charge >= 0.3 is 0 Å². The maximum atomic E-state index is 12.0. The normalized spacial score (nSPS) is 31.2. The van der Waals surface area contributed by atoms with Gasteiger partial charge in [0.15, 0.2) is 0 Å². The van der Waals surface area contributed by atoms with Crippen LogP contribution in [0.4, 0.5) is 0 Å². The number of hydrogen-bond acceptors (Lipinski definition) is 4. The van der Waals surface area contributed by atoms with E-state index in [0.29, 0.717) is 12.3 Å². The van der Waals surface area contributed by atoms with E-state index >= 15 is 0 Å². The molecular formula is C13H26N4O. The van der Waals surface area contributed by atoms with E-state index in [0.717, 1.165) is 39.0 Å². The summed E-state index contributed by atoms with van der Waals surface area (Å²) in [5.41, 5.74) is 9.10. The highest BCUT2D eigenvalue weighted by Crippen LogP contribution is 2.25. The molecule has 5 nitrogen and oxygen atoms in total. The number of hydrogen-bond donors (Lipinski definition) is 2. The fraction of sp³-hybridized carbons (Fsp3) is 0.923. The molecule has 18 heavy (non-hydrogen) atoms. The van der Waals surface area contributed by atoms with Gasteiger partial charge in [-0.25, -0.2) is 5.01 Å². The Labute approximate surface area is 110 Å². The second-order valence-electron chi connectivity index (χ2n) is 5.74. The van der Waals surface area contributed by atoms with Crippen molar-refractivity contribution in [2.45, 2.75) is 38.1 Å². The number of piperazine rings is 1. The van der Waals surface area contributed by atoms with E-state index in [9.17, 15) is 4.79 Å². The van der Waals surface area contributed by atoms with Crippen LogP contribution in [0.1, 0.15) is 32.1 Å². The van der Waals surface area contributed by atoms with Crippen molar-refractivity contribution in [1.29, 1.82) is 0 Å². The van der Waals surface area contributed by atoms with Crippen molar-refractivity contribution in [2.75, 3.05) is 33.2 Å². The molecule has 1 saturated heterocycles. The van der Waals surface area contributed by atoms with Crippen molar-refractivity contribution >= 4 is 5.91 Å². The van der Waals surface area contributed by atoms with E-state index in [1.807, 2.05) is 5.01 Å². The van der Waals surface area contributed by atoms with Crippen LogP contribution in [0.15, 0.2) is 0 Å². The zero-order chi connectivity index (χ0) is 13.0. The first-order valence-corrected chi connectivity index (χ1v) is 7.13. The van der Waals surface area contributed by atoms with Crippen LogP contribution >= 0.6 is 0 Å². The lowest BCUT2D eigenvalue weighted by Gasteiger charge is -2.33. The Morgan fingerprint density at radius 2 is 1.89 bits per heavy atom. The number of nitrogens with one attached hydrogen (secondary N) is 1. The zero-order valence-electron chi connectivity index (χ0n) is 11.4. The molecule has 1 heterocycles. The minimum atomic E-state index is 0.141. The molecular weight excluding hydrogens is 228 g/mol. The van der Waals surface area contributed by atoms with Crippen molar-refractivity contribution in [1.82, 2.24) is 15.3 Å². The second-order valence-corrected chi connectivity index (χ2v) is 5.74. The van der Waals surface area contributed by atoms with Crippen molar-refractivity contribution < 1.29 is 4.79 Å². The Kier molecular flexibility index (Phi) is 4.97. The van der Waals surface area contributed by atoms with Gasteiger partial charge in [-0.15, -0.1) is 0 Å². The number of carbonyl (C=O) groups is 1. The molecule has 0 aromatic heterocycles. The molecule has 2 aliphatic rings. The van der Waals surface area contributed by atoms with Crippen LogP contribution in [-0.4, -0.2) is 55.1 Å². The Morgan fingerprint density at radius 1 is 1.22 bits per heavy atom. The van der Waals surface area contributed by atoms with Gasteiger partial charge in [0, 0.05) is 38.6 Å². The molecule has 2 fully saturated rings. The van der Waals surface area contributed by atoms with Crippen molar-refractivity contribution in [2.24, 2.45) is 11.7 Å². The molecule has 0 bridgehead atoms. The summed E-state index contributed by atoms with van der Waals surface area (Å²) in [7, 11) is 2.11. The molecule has 0 aromatic rings. The maximum Gasteiger partial charge on any atom is 0.234 e. The summed E-state index contributed by atoms with van der Waals surface area (Å²) in [5, 5.41) is 2.04. The number of amides is 1. The fourth-order valence-corrected chi connectivity index (χ4v) is 2.87. The van der Waals surface area contributed by atoms with Gasteiger partial charge in [0.1, 0.15) is 0 Å². The van der Waals surface area contributed by atoms with Gasteiger partial charge < -0.3 is 10.6 Å². The number of hydrazine groups is 1. The molecule has 1 aliphatic carbocycles. The lowest BCUT2D eigenvalue weighted by atomic mass is 9.83. The molecule has 0 spiro atoms. The summed E-state index contributed by atoms with van der Waals surface area (Å²) in [4.78, 5) is 14.3. The molecule has 2 unspecified atom stereocenters. The molecule has 104 valence electrons. The molecule has 5 heteroatoms. The minimum absolute atomic E-state index is 0.141. The average molecular weight is 254 g/mol. The number of nitrogens with zero attached hydrogens (tertiary/aromatic N) is 2. The summed E-state index contributed by atoms with van der Waals surface area (Å²) in [5.74, 6) is 0.521. The molecule has 3 N–H and O–H groups in total. The van der Waals surface area contributed by atoms with Crippen LogP contribution in [0.2, 0.25) is 0 Å². The van der Waals surface area contributed by atoms with Gasteiger partial charge in [-0.3, -0.25) is 10.2 Å². The molecule has 0 radical (unpaired) electrons. The quantitative estimate of drug-likeness (QED) is 0.754. The minimum Gasteiger partial charge on any atom is -0.327 e. The van der Waals surface area contributed by atoms with E-state index < -0.39 is 0 Å². The van der Waals surface area contributed by atoms with Gasteiger partial charge in [-0.1, -0.05) is 12.8 Å². The predicted molar refractivity (Wildman–Crippen MR) is 71.8 cm³/mol. The summed E-state index contributed by atoms with van der Waals surface area (Å²) in [6.45, 7) is 3.87. The van der Waals surface area contributed by atoms with E-state index in [-0.39, 0.29) is 11.9 Å². The van der Waals surface area contributed by atoms with Crippen LogP contribution in [0.25, 0.3) is 0 Å². The molecule has 1 aliphatic heterocycles. The smallest absolute Gasteiger partial charge is 0.234 e. The van der Waals surface area contributed by atoms with E-state index in [1.165, 1.54) is 12.8 Å². The highest BCUT2D eigenvalue weighted by molar-refractivity contribution is 5.75. The Balaban J connectivity index is 1.71. The Bertz CT molecular complexity index is 276. The third-order valence-electron chi connectivity index (χ3n) is 4.20. The summed E-state index contributed by atoms with van der Waals surface area (Å²) < 4.78 is 0. The second kappa shape index (κ2) is 6.50. The van der Waals surface area contributed by atoms with Gasteiger partial charge in [0.05, 0.1) is 0 Å². The average Bonchev–Trinajstić information content (AvgIpc) is 2.35. The highest BCUT2D eigenvalue weighted by Gasteiger charge is 2.25. The Hall–Kier alpha value is -0.650. The molecule has 1 amide bonds. The number of nitrogens with two attached hydrogens (primary N) is 1. The monoisotopic (exact) mass is 254 g/mol. The highest BCUT2D eigenvalue weighted by atomic mass is 16.2. The third-order valence-corrected chi connectivity index (χ3v) is 4.20. The lowest BCUT2D eigenvalue weighted by molar-refractivity contribution is -0.128. The molecule has 0 aromatic carbocycles. The molecule has 2 atom stereocenters. The van der Waals surface area contributed by atoms with Crippen molar-refractivity contribution in [3.63, 3.8) is 0 Å². The fourth-order valence-electron chi connectivity index (χ4n) is 2.87. The third kappa shape index (κ3) is 3.93. The van der Waals surface area contributed by atoms with Crippen LogP contribution in [-0.2, 0) is 4.79 Å². The van der Waals surface area contributed by atoms with Gasteiger partial charge in [0.2, 0.25) is 5.91 Å². The zero-order valence-corrected chi connectivity index (χ0v) is 11.4. The van der Waals surface area contributed by atoms with E-state index in [1.54, 1.807) is 0 Å². The lowest BCUT2D eigenvalue weighted by Crippen LogP contribution is -2.53. The van der Waals surface area contributed by atoms with Crippen LogP contribution < -0.4 is 11.2 Å². The standard InChI is InChI=1S/C13H26N4O/c1-16-6-8-17(9-7-16)15-13(18)10-11-4-2-3-5-12(11)14/h11-12H,2-10,14H2,1H3,(H,15,18). The van der Waals surface area contributed by atoms with Crippen LogP contribution in [0.5, 0.6) is 0 Å². The first-order chi connectivity index (χ1) is 8.65. The predicted octanol–water partition coefficient (Wildman–Crippen LogP) is 0.173.